The third-order valence-corrected chi connectivity index (χ3v) is 6.13. The van der Waals surface area contributed by atoms with Gasteiger partial charge in [0.1, 0.15) is 5.75 Å². The summed E-state index contributed by atoms with van der Waals surface area (Å²) in [6, 6.07) is 22.5. The summed E-state index contributed by atoms with van der Waals surface area (Å²) in [4.78, 5) is 37.2. The molecule has 7 nitrogen and oxygen atoms in total. The Morgan fingerprint density at radius 1 is 0.892 bits per heavy atom. The zero-order valence-electron chi connectivity index (χ0n) is 19.6. The lowest BCUT2D eigenvalue weighted by Gasteiger charge is -2.11. The Balaban J connectivity index is 1.46. The average molecular weight is 534 g/mol. The molecule has 186 valence electrons. The molecule has 0 heterocycles. The molecule has 0 aliphatic heterocycles. The number of hydrogen-bond acceptors (Lipinski definition) is 5. The molecule has 0 unspecified atom stereocenters. The van der Waals surface area contributed by atoms with E-state index in [4.69, 9.17) is 27.9 Å². The van der Waals surface area contributed by atoms with E-state index < -0.39 is 17.8 Å². The molecular formula is C28H21Cl2N3O4. The molecule has 2 amide bonds. The highest BCUT2D eigenvalue weighted by Gasteiger charge is 2.14. The number of hydrogen-bond donors (Lipinski definition) is 2. The van der Waals surface area contributed by atoms with Crippen LogP contribution in [0.1, 0.15) is 31.8 Å². The van der Waals surface area contributed by atoms with Crippen molar-refractivity contribution < 1.29 is 19.1 Å². The maximum atomic E-state index is 12.7. The minimum Gasteiger partial charge on any atom is -0.422 e. The molecule has 9 heteroatoms. The molecule has 0 aromatic heterocycles. The van der Waals surface area contributed by atoms with E-state index in [1.165, 1.54) is 24.4 Å². The van der Waals surface area contributed by atoms with Gasteiger partial charge in [-0.05, 0) is 54.1 Å². The summed E-state index contributed by atoms with van der Waals surface area (Å²) in [6.45, 7) is 1.61. The number of nitrogens with zero attached hydrogens (tertiary/aromatic N) is 1. The van der Waals surface area contributed by atoms with Gasteiger partial charge in [0.15, 0.2) is 0 Å². The fourth-order valence-corrected chi connectivity index (χ4v) is 3.75. The Labute approximate surface area is 223 Å². The van der Waals surface area contributed by atoms with E-state index in [1.54, 1.807) is 18.2 Å². The highest BCUT2D eigenvalue weighted by atomic mass is 35.5. The molecule has 4 aromatic rings. The number of esters is 1. The molecule has 0 saturated carbocycles. The average Bonchev–Trinajstić information content (AvgIpc) is 2.90. The number of rotatable bonds is 7. The fourth-order valence-electron chi connectivity index (χ4n) is 3.45. The lowest BCUT2D eigenvalue weighted by molar-refractivity contribution is -0.120. The van der Waals surface area contributed by atoms with Gasteiger partial charge in [-0.1, -0.05) is 71.2 Å². The van der Waals surface area contributed by atoms with Crippen molar-refractivity contribution in [2.75, 3.05) is 6.54 Å². The molecule has 0 radical (unpaired) electrons. The molecule has 4 rings (SSSR count). The van der Waals surface area contributed by atoms with Crippen molar-refractivity contribution in [1.82, 2.24) is 10.7 Å². The van der Waals surface area contributed by atoms with E-state index in [0.29, 0.717) is 16.1 Å². The predicted molar refractivity (Wildman–Crippen MR) is 145 cm³/mol. The number of aryl methyl sites for hydroxylation is 1. The minimum absolute atomic E-state index is 0.234. The van der Waals surface area contributed by atoms with Crippen LogP contribution in [0.25, 0.3) is 10.8 Å². The van der Waals surface area contributed by atoms with Gasteiger partial charge in [0.25, 0.3) is 11.8 Å². The van der Waals surface area contributed by atoms with Crippen LogP contribution < -0.4 is 15.5 Å². The van der Waals surface area contributed by atoms with Crippen molar-refractivity contribution in [3.8, 4) is 5.75 Å². The van der Waals surface area contributed by atoms with Gasteiger partial charge in [-0.15, -0.1) is 0 Å². The van der Waals surface area contributed by atoms with Gasteiger partial charge < -0.3 is 10.1 Å². The number of halogens is 2. The maximum Gasteiger partial charge on any atom is 0.343 e. The van der Waals surface area contributed by atoms with Crippen LogP contribution >= 0.6 is 23.2 Å². The van der Waals surface area contributed by atoms with Crippen molar-refractivity contribution in [3.05, 3.63) is 111 Å². The summed E-state index contributed by atoms with van der Waals surface area (Å²) in [5.41, 5.74) is 4.58. The van der Waals surface area contributed by atoms with Crippen LogP contribution in [0, 0.1) is 6.92 Å². The van der Waals surface area contributed by atoms with E-state index in [1.807, 2.05) is 49.4 Å². The molecule has 0 saturated heterocycles. The first kappa shape index (κ1) is 25.9. The molecule has 2 N–H and O–H groups in total. The third kappa shape index (κ3) is 6.52. The van der Waals surface area contributed by atoms with Crippen LogP contribution in [0.5, 0.6) is 5.75 Å². The Morgan fingerprint density at radius 3 is 2.38 bits per heavy atom. The molecule has 0 fully saturated rings. The van der Waals surface area contributed by atoms with Gasteiger partial charge in [0, 0.05) is 11.1 Å². The van der Waals surface area contributed by atoms with Crippen LogP contribution in [0.2, 0.25) is 10.0 Å². The Hall–Kier alpha value is -4.20. The second-order valence-electron chi connectivity index (χ2n) is 8.06. The summed E-state index contributed by atoms with van der Waals surface area (Å²) in [6.07, 6.45) is 1.40. The summed E-state index contributed by atoms with van der Waals surface area (Å²) in [7, 11) is 0. The highest BCUT2D eigenvalue weighted by molar-refractivity contribution is 6.42. The molecular weight excluding hydrogens is 513 g/mol. The summed E-state index contributed by atoms with van der Waals surface area (Å²) in [5, 5.41) is 8.74. The minimum atomic E-state index is -0.553. The number of fused-ring (bicyclic) bond motifs is 1. The molecule has 4 aromatic carbocycles. The standard InChI is InChI=1S/C28H21Cl2N3O4/c1-17-6-8-19(9-7-17)28(36)37-25-13-11-18-4-2-3-5-21(18)22(25)15-32-33-26(34)16-31-27(35)20-10-12-23(29)24(30)14-20/h2-15H,16H2,1H3,(H,31,35)(H,33,34). The number of carbonyl (C=O) groups excluding carboxylic acids is 3. The lowest BCUT2D eigenvalue weighted by Crippen LogP contribution is -2.34. The number of ether oxygens (including phenoxy) is 1. The third-order valence-electron chi connectivity index (χ3n) is 5.39. The zero-order valence-corrected chi connectivity index (χ0v) is 21.1. The fraction of sp³-hybridized carbons (Fsp3) is 0.0714. The molecule has 0 aliphatic carbocycles. The second-order valence-corrected chi connectivity index (χ2v) is 8.87. The van der Waals surface area contributed by atoms with E-state index in [0.717, 1.165) is 16.3 Å². The highest BCUT2D eigenvalue weighted by Crippen LogP contribution is 2.27. The largest absolute Gasteiger partial charge is 0.422 e. The lowest BCUT2D eigenvalue weighted by atomic mass is 10.0. The van der Waals surface area contributed by atoms with Crippen molar-refractivity contribution in [1.29, 1.82) is 0 Å². The van der Waals surface area contributed by atoms with Gasteiger partial charge in [-0.2, -0.15) is 5.10 Å². The van der Waals surface area contributed by atoms with Gasteiger partial charge in [-0.25, -0.2) is 10.2 Å². The first-order valence-electron chi connectivity index (χ1n) is 11.2. The van der Waals surface area contributed by atoms with Crippen LogP contribution in [-0.2, 0) is 4.79 Å². The van der Waals surface area contributed by atoms with E-state index in [2.05, 4.69) is 15.8 Å². The van der Waals surface area contributed by atoms with Gasteiger partial charge in [0.05, 0.1) is 28.4 Å². The Kier molecular flexibility index (Phi) is 8.18. The van der Waals surface area contributed by atoms with Crippen molar-refractivity contribution in [2.45, 2.75) is 6.92 Å². The number of nitrogens with one attached hydrogen (secondary N) is 2. The van der Waals surface area contributed by atoms with Crippen LogP contribution in [-0.4, -0.2) is 30.5 Å². The quantitative estimate of drug-likeness (QED) is 0.141. The summed E-state index contributed by atoms with van der Waals surface area (Å²) < 4.78 is 5.66. The SMILES string of the molecule is Cc1ccc(C(=O)Oc2ccc3ccccc3c2C=NNC(=O)CNC(=O)c2ccc(Cl)c(Cl)c2)cc1. The monoisotopic (exact) mass is 533 g/mol. The van der Waals surface area contributed by atoms with Crippen LogP contribution in [0.4, 0.5) is 0 Å². The van der Waals surface area contributed by atoms with E-state index in [-0.39, 0.29) is 22.9 Å². The van der Waals surface area contributed by atoms with Crippen molar-refractivity contribution in [2.24, 2.45) is 5.10 Å². The van der Waals surface area contributed by atoms with Crippen molar-refractivity contribution in [3.63, 3.8) is 0 Å². The molecule has 0 atom stereocenters. The zero-order chi connectivity index (χ0) is 26.4. The van der Waals surface area contributed by atoms with Gasteiger partial charge in [-0.3, -0.25) is 9.59 Å². The Morgan fingerprint density at radius 2 is 1.62 bits per heavy atom. The van der Waals surface area contributed by atoms with Crippen LogP contribution in [0.15, 0.2) is 84.0 Å². The number of carbonyl (C=O) groups is 3. The van der Waals surface area contributed by atoms with Gasteiger partial charge in [0.2, 0.25) is 0 Å². The number of benzene rings is 4. The first-order valence-corrected chi connectivity index (χ1v) is 11.9. The second kappa shape index (κ2) is 11.7. The number of hydrazone groups is 1. The molecule has 0 aliphatic rings. The Bertz CT molecular complexity index is 1520. The normalized spacial score (nSPS) is 10.9. The molecule has 37 heavy (non-hydrogen) atoms. The maximum absolute atomic E-state index is 12.7. The van der Waals surface area contributed by atoms with Crippen LogP contribution in [0.3, 0.4) is 0 Å². The van der Waals surface area contributed by atoms with E-state index >= 15 is 0 Å². The smallest absolute Gasteiger partial charge is 0.343 e. The molecule has 0 spiro atoms. The van der Waals surface area contributed by atoms with E-state index in [9.17, 15) is 14.4 Å². The first-order chi connectivity index (χ1) is 17.8. The summed E-state index contributed by atoms with van der Waals surface area (Å²) >= 11 is 11.8. The predicted octanol–water partition coefficient (Wildman–Crippen LogP) is 5.55. The molecule has 0 bridgehead atoms. The topological polar surface area (TPSA) is 96.9 Å². The summed E-state index contributed by atoms with van der Waals surface area (Å²) in [5.74, 6) is -1.27. The number of amides is 2. The van der Waals surface area contributed by atoms with Crippen molar-refractivity contribution >= 4 is 58.0 Å². The van der Waals surface area contributed by atoms with Gasteiger partial charge >= 0.3 is 5.97 Å².